The molecule has 0 aliphatic rings. The molecule has 0 unspecified atom stereocenters. The SMILES string of the molecule is C=NN(N=C)c1cc(C(=O)O)cc(C(F)(F)F)c1. The van der Waals surface area contributed by atoms with Crippen molar-refractivity contribution in [1.82, 2.24) is 0 Å². The van der Waals surface area contributed by atoms with E-state index in [4.69, 9.17) is 5.11 Å². The minimum Gasteiger partial charge on any atom is -0.478 e. The summed E-state index contributed by atoms with van der Waals surface area (Å²) in [6.07, 6.45) is -4.67. The largest absolute Gasteiger partial charge is 0.478 e. The van der Waals surface area contributed by atoms with Gasteiger partial charge >= 0.3 is 12.1 Å². The minimum atomic E-state index is -4.67. The molecule has 8 heteroatoms. The Kier molecular flexibility index (Phi) is 3.70. The Morgan fingerprint density at radius 2 is 1.78 bits per heavy atom. The lowest BCUT2D eigenvalue weighted by molar-refractivity contribution is -0.137. The molecule has 0 saturated heterocycles. The lowest BCUT2D eigenvalue weighted by Crippen LogP contribution is -2.12. The van der Waals surface area contributed by atoms with Gasteiger partial charge in [-0.15, -0.1) is 0 Å². The lowest BCUT2D eigenvalue weighted by atomic mass is 10.1. The summed E-state index contributed by atoms with van der Waals surface area (Å²) in [5.74, 6) is -1.49. The maximum absolute atomic E-state index is 12.6. The summed E-state index contributed by atoms with van der Waals surface area (Å²) in [6.45, 7) is 6.18. The monoisotopic (exact) mass is 259 g/mol. The molecule has 0 amide bonds. The van der Waals surface area contributed by atoms with Crippen LogP contribution in [0.15, 0.2) is 28.4 Å². The Labute approximate surface area is 99.8 Å². The number of carboxylic acids is 1. The number of anilines is 1. The molecule has 0 saturated carbocycles. The molecular formula is C10H8F3N3O2. The standard InChI is InChI=1S/C10H8F3N3O2/c1-14-16(15-2)8-4-6(9(17)18)3-7(5-8)10(11,12)13/h3-5H,1-2H2,(H,17,18). The third kappa shape index (κ3) is 2.84. The van der Waals surface area contributed by atoms with Gasteiger partial charge in [-0.2, -0.15) is 28.5 Å². The first kappa shape index (κ1) is 13.7. The van der Waals surface area contributed by atoms with Crippen molar-refractivity contribution in [3.8, 4) is 0 Å². The molecule has 0 bridgehead atoms. The zero-order chi connectivity index (χ0) is 13.9. The predicted molar refractivity (Wildman–Crippen MR) is 60.0 cm³/mol. The molecule has 18 heavy (non-hydrogen) atoms. The number of nitrogens with zero attached hydrogens (tertiary/aromatic N) is 3. The molecule has 0 spiro atoms. The third-order valence-corrected chi connectivity index (χ3v) is 1.99. The van der Waals surface area contributed by atoms with E-state index in [0.717, 1.165) is 6.07 Å². The number of rotatable bonds is 4. The number of carboxylic acid groups (broad SMARTS) is 1. The smallest absolute Gasteiger partial charge is 0.416 e. The average Bonchev–Trinajstić information content (AvgIpc) is 2.29. The molecule has 96 valence electrons. The van der Waals surface area contributed by atoms with Gasteiger partial charge in [-0.1, -0.05) is 0 Å². The van der Waals surface area contributed by atoms with E-state index in [1.54, 1.807) is 0 Å². The summed E-state index contributed by atoms with van der Waals surface area (Å²) in [7, 11) is 0. The van der Waals surface area contributed by atoms with Crippen molar-refractivity contribution in [1.29, 1.82) is 0 Å². The number of aromatic carboxylic acids is 1. The van der Waals surface area contributed by atoms with Crippen LogP contribution in [0.2, 0.25) is 0 Å². The van der Waals surface area contributed by atoms with Crippen LogP contribution in [0.5, 0.6) is 0 Å². The molecule has 0 aromatic heterocycles. The van der Waals surface area contributed by atoms with Crippen LogP contribution >= 0.6 is 0 Å². The molecular weight excluding hydrogens is 251 g/mol. The van der Waals surface area contributed by atoms with E-state index >= 15 is 0 Å². The topological polar surface area (TPSA) is 65.3 Å². The summed E-state index contributed by atoms with van der Waals surface area (Å²) in [5.41, 5.74) is -1.83. The number of carbonyl (C=O) groups is 1. The quantitative estimate of drug-likeness (QED) is 0.667. The molecule has 0 aliphatic heterocycles. The van der Waals surface area contributed by atoms with Gasteiger partial charge in [0.25, 0.3) is 0 Å². The minimum absolute atomic E-state index is 0.188. The molecule has 1 aromatic rings. The fraction of sp³-hybridized carbons (Fsp3) is 0.100. The predicted octanol–water partition coefficient (Wildman–Crippen LogP) is 2.44. The molecule has 1 aromatic carbocycles. The van der Waals surface area contributed by atoms with Gasteiger partial charge in [0.05, 0.1) is 16.8 Å². The second-order valence-electron chi connectivity index (χ2n) is 3.14. The van der Waals surface area contributed by atoms with Crippen LogP contribution in [0.1, 0.15) is 15.9 Å². The number of benzene rings is 1. The van der Waals surface area contributed by atoms with Crippen molar-refractivity contribution in [3.63, 3.8) is 0 Å². The molecule has 5 nitrogen and oxygen atoms in total. The van der Waals surface area contributed by atoms with E-state index in [2.05, 4.69) is 23.6 Å². The third-order valence-electron chi connectivity index (χ3n) is 1.99. The van der Waals surface area contributed by atoms with Crippen LogP contribution in [0.3, 0.4) is 0 Å². The van der Waals surface area contributed by atoms with E-state index < -0.39 is 23.3 Å². The molecule has 0 heterocycles. The summed E-state index contributed by atoms with van der Waals surface area (Å²) in [6, 6.07) is 2.22. The molecule has 0 fully saturated rings. The number of alkyl halides is 3. The van der Waals surface area contributed by atoms with E-state index in [9.17, 15) is 18.0 Å². The van der Waals surface area contributed by atoms with Gasteiger partial charge in [0.15, 0.2) is 0 Å². The number of hydrogen-bond donors (Lipinski definition) is 1. The van der Waals surface area contributed by atoms with Crippen molar-refractivity contribution >= 4 is 25.1 Å². The highest BCUT2D eigenvalue weighted by Crippen LogP contribution is 2.33. The molecule has 1 rings (SSSR count). The van der Waals surface area contributed by atoms with Crippen molar-refractivity contribution in [3.05, 3.63) is 29.3 Å². The Morgan fingerprint density at radius 3 is 2.17 bits per heavy atom. The first-order chi connectivity index (χ1) is 8.29. The number of hydrogen-bond acceptors (Lipinski definition) is 4. The second kappa shape index (κ2) is 4.86. The van der Waals surface area contributed by atoms with E-state index in [1.165, 1.54) is 0 Å². The molecule has 0 atom stereocenters. The summed E-state index contributed by atoms with van der Waals surface area (Å²) in [5, 5.41) is 16.0. The van der Waals surface area contributed by atoms with E-state index in [-0.39, 0.29) is 5.69 Å². The van der Waals surface area contributed by atoms with Gasteiger partial charge < -0.3 is 5.11 Å². The highest BCUT2D eigenvalue weighted by Gasteiger charge is 2.32. The molecule has 1 N–H and O–H groups in total. The van der Waals surface area contributed by atoms with Crippen molar-refractivity contribution in [2.24, 2.45) is 10.2 Å². The fourth-order valence-electron chi connectivity index (χ4n) is 1.22. The first-order valence-corrected chi connectivity index (χ1v) is 4.48. The zero-order valence-electron chi connectivity index (χ0n) is 8.98. The zero-order valence-corrected chi connectivity index (χ0v) is 8.98. The van der Waals surface area contributed by atoms with Gasteiger partial charge in [-0.25, -0.2) is 4.79 Å². The summed E-state index contributed by atoms with van der Waals surface area (Å²) < 4.78 is 37.7. The first-order valence-electron chi connectivity index (χ1n) is 4.48. The Hall–Kier alpha value is -2.38. The van der Waals surface area contributed by atoms with Crippen LogP contribution < -0.4 is 5.12 Å². The maximum Gasteiger partial charge on any atom is 0.416 e. The van der Waals surface area contributed by atoms with Crippen molar-refractivity contribution < 1.29 is 23.1 Å². The fourth-order valence-corrected chi connectivity index (χ4v) is 1.22. The highest BCUT2D eigenvalue weighted by atomic mass is 19.4. The van der Waals surface area contributed by atoms with Crippen molar-refractivity contribution in [2.75, 3.05) is 5.12 Å². The van der Waals surface area contributed by atoms with E-state index in [0.29, 0.717) is 17.3 Å². The van der Waals surface area contributed by atoms with Crippen LogP contribution in [0.25, 0.3) is 0 Å². The Balaban J connectivity index is 3.44. The maximum atomic E-state index is 12.6. The summed E-state index contributed by atoms with van der Waals surface area (Å²) in [4.78, 5) is 10.8. The summed E-state index contributed by atoms with van der Waals surface area (Å²) >= 11 is 0. The van der Waals surface area contributed by atoms with Gasteiger partial charge in [-0.05, 0) is 18.2 Å². The number of hydrazone groups is 2. The molecule has 0 radical (unpaired) electrons. The number of halogens is 3. The molecule has 0 aliphatic carbocycles. The van der Waals surface area contributed by atoms with E-state index in [1.807, 2.05) is 0 Å². The van der Waals surface area contributed by atoms with Gasteiger partial charge in [0, 0.05) is 13.4 Å². The van der Waals surface area contributed by atoms with Crippen LogP contribution in [-0.2, 0) is 6.18 Å². The second-order valence-corrected chi connectivity index (χ2v) is 3.14. The lowest BCUT2D eigenvalue weighted by Gasteiger charge is -2.15. The Bertz CT molecular complexity index is 492. The van der Waals surface area contributed by atoms with Crippen LogP contribution in [0, 0.1) is 0 Å². The highest BCUT2D eigenvalue weighted by molar-refractivity contribution is 5.89. The van der Waals surface area contributed by atoms with Gasteiger partial charge in [0.1, 0.15) is 0 Å². The Morgan fingerprint density at radius 1 is 1.22 bits per heavy atom. The average molecular weight is 259 g/mol. The van der Waals surface area contributed by atoms with Crippen LogP contribution in [0.4, 0.5) is 18.9 Å². The van der Waals surface area contributed by atoms with Crippen molar-refractivity contribution in [2.45, 2.75) is 6.18 Å². The van der Waals surface area contributed by atoms with Gasteiger partial charge in [-0.3, -0.25) is 0 Å². The normalized spacial score (nSPS) is 10.8. The van der Waals surface area contributed by atoms with Gasteiger partial charge in [0.2, 0.25) is 0 Å². The van der Waals surface area contributed by atoms with Crippen LogP contribution in [-0.4, -0.2) is 24.5 Å².